The molecule has 2 aliphatic rings. The third kappa shape index (κ3) is 7.77. The Balaban J connectivity index is 0.00000408. The van der Waals surface area contributed by atoms with Crippen molar-refractivity contribution in [2.24, 2.45) is 0 Å². The molecule has 2 heterocycles. The average Bonchev–Trinajstić information content (AvgIpc) is 3.26. The van der Waals surface area contributed by atoms with Crippen LogP contribution in [0.3, 0.4) is 0 Å². The van der Waals surface area contributed by atoms with Crippen molar-refractivity contribution < 1.29 is 32.5 Å². The number of hydrogen-bond acceptors (Lipinski definition) is 5. The highest BCUT2D eigenvalue weighted by atomic mass is 19.4. The van der Waals surface area contributed by atoms with E-state index in [2.05, 4.69) is 12.2 Å². The van der Waals surface area contributed by atoms with Crippen molar-refractivity contribution in [1.29, 1.82) is 0 Å². The Morgan fingerprint density at radius 3 is 2.59 bits per heavy atom. The minimum atomic E-state index is -4.34. The van der Waals surface area contributed by atoms with Gasteiger partial charge in [0.15, 0.2) is 11.5 Å². The molecule has 1 amide bonds. The molecular weight excluding hydrogens is 449 g/mol. The molecule has 0 saturated carbocycles. The number of halogens is 3. The molecule has 34 heavy (non-hydrogen) atoms. The van der Waals surface area contributed by atoms with Crippen LogP contribution in [0, 0.1) is 0 Å². The number of aliphatic hydroxyl groups is 1. The molecule has 1 fully saturated rings. The van der Waals surface area contributed by atoms with Gasteiger partial charge in [-0.15, -0.1) is 0 Å². The second kappa shape index (κ2) is 13.2. The molecule has 0 aromatic heterocycles. The number of amides is 1. The molecule has 0 radical (unpaired) electrons. The fourth-order valence-corrected chi connectivity index (χ4v) is 4.54. The Hall–Kier alpha value is -2.00. The van der Waals surface area contributed by atoms with Crippen LogP contribution >= 0.6 is 0 Å². The summed E-state index contributed by atoms with van der Waals surface area (Å²) in [5, 5.41) is 13.9. The highest BCUT2D eigenvalue weighted by Gasteiger charge is 2.46. The molecule has 3 rings (SSSR count). The van der Waals surface area contributed by atoms with Crippen LogP contribution in [0.1, 0.15) is 77.4 Å². The van der Waals surface area contributed by atoms with E-state index >= 15 is 0 Å². The minimum absolute atomic E-state index is 0. The smallest absolute Gasteiger partial charge is 0.404 e. The summed E-state index contributed by atoms with van der Waals surface area (Å²) in [7, 11) is 0. The summed E-state index contributed by atoms with van der Waals surface area (Å²) in [6.45, 7) is 3.12. The zero-order chi connectivity index (χ0) is 23.8. The van der Waals surface area contributed by atoms with Gasteiger partial charge in [0.2, 0.25) is 5.91 Å². The molecule has 0 spiro atoms. The molecule has 0 unspecified atom stereocenters. The van der Waals surface area contributed by atoms with Crippen LogP contribution in [0.2, 0.25) is 0 Å². The van der Waals surface area contributed by atoms with Crippen LogP contribution in [0.5, 0.6) is 11.5 Å². The third-order valence-electron chi connectivity index (χ3n) is 6.32. The monoisotopic (exact) mass is 488 g/mol. The summed E-state index contributed by atoms with van der Waals surface area (Å²) in [6.07, 6.45) is 0.139. The number of carbonyl (C=O) groups excluding carboxylic acids is 1. The van der Waals surface area contributed by atoms with Gasteiger partial charge >= 0.3 is 6.18 Å². The lowest BCUT2D eigenvalue weighted by Crippen LogP contribution is -2.51. The number of hydrogen-bond donors (Lipinski definition) is 2. The van der Waals surface area contributed by atoms with E-state index in [0.29, 0.717) is 43.1 Å². The van der Waals surface area contributed by atoms with E-state index in [1.807, 2.05) is 0 Å². The van der Waals surface area contributed by atoms with Gasteiger partial charge in [-0.25, -0.2) is 0 Å². The van der Waals surface area contributed by atoms with Crippen molar-refractivity contribution in [3.63, 3.8) is 0 Å². The number of rotatable bonds is 11. The lowest BCUT2D eigenvalue weighted by molar-refractivity contribution is -0.177. The van der Waals surface area contributed by atoms with Gasteiger partial charge in [-0.05, 0) is 43.5 Å². The van der Waals surface area contributed by atoms with E-state index in [9.17, 15) is 23.1 Å². The number of alkyl halides is 3. The normalized spacial score (nSPS) is 19.9. The summed E-state index contributed by atoms with van der Waals surface area (Å²) in [6, 6.07) is 2.53. The van der Waals surface area contributed by atoms with Crippen LogP contribution in [0.4, 0.5) is 13.2 Å². The first-order chi connectivity index (χ1) is 15.8. The third-order valence-corrected chi connectivity index (χ3v) is 6.32. The molecule has 2 aliphatic heterocycles. The van der Waals surface area contributed by atoms with Gasteiger partial charge in [0, 0.05) is 13.0 Å². The Morgan fingerprint density at radius 2 is 1.88 bits per heavy atom. The average molecular weight is 489 g/mol. The maximum Gasteiger partial charge on any atom is 0.404 e. The molecule has 6 nitrogen and oxygen atoms in total. The predicted molar refractivity (Wildman–Crippen MR) is 125 cm³/mol. The highest BCUT2D eigenvalue weighted by molar-refractivity contribution is 5.76. The van der Waals surface area contributed by atoms with E-state index < -0.39 is 24.4 Å². The molecule has 2 N–H and O–H groups in total. The van der Waals surface area contributed by atoms with Crippen molar-refractivity contribution in [3.05, 3.63) is 23.8 Å². The molecular formula is C25H39F3N2O4. The minimum Gasteiger partial charge on any atom is -0.486 e. The summed E-state index contributed by atoms with van der Waals surface area (Å²) < 4.78 is 51.5. The molecule has 1 aromatic carbocycles. The molecule has 3 atom stereocenters. The Morgan fingerprint density at radius 1 is 1.18 bits per heavy atom. The number of ether oxygens (including phenoxy) is 2. The number of unbranched alkanes of at least 4 members (excludes halogenated alkanes) is 4. The summed E-state index contributed by atoms with van der Waals surface area (Å²) in [5.41, 5.74) is 0.468. The van der Waals surface area contributed by atoms with Gasteiger partial charge in [0.25, 0.3) is 0 Å². The summed E-state index contributed by atoms with van der Waals surface area (Å²) in [4.78, 5) is 13.9. The molecule has 9 heteroatoms. The highest BCUT2D eigenvalue weighted by Crippen LogP contribution is 2.35. The van der Waals surface area contributed by atoms with Crippen LogP contribution in [0.25, 0.3) is 0 Å². The summed E-state index contributed by atoms with van der Waals surface area (Å²) >= 11 is 0. The van der Waals surface area contributed by atoms with Crippen LogP contribution in [-0.2, 0) is 4.79 Å². The van der Waals surface area contributed by atoms with Crippen molar-refractivity contribution in [3.8, 4) is 11.5 Å². The van der Waals surface area contributed by atoms with Crippen LogP contribution in [0.15, 0.2) is 18.2 Å². The van der Waals surface area contributed by atoms with Gasteiger partial charge in [-0.2, -0.15) is 13.2 Å². The second-order valence-electron chi connectivity index (χ2n) is 8.88. The Kier molecular flexibility index (Phi) is 11.0. The lowest BCUT2D eigenvalue weighted by atomic mass is 10.00. The maximum atomic E-state index is 13.5. The van der Waals surface area contributed by atoms with Crippen molar-refractivity contribution in [2.45, 2.75) is 90.1 Å². The fraction of sp³-hybridized carbons (Fsp3) is 0.720. The van der Waals surface area contributed by atoms with Crippen molar-refractivity contribution in [2.75, 3.05) is 26.3 Å². The number of nitrogens with zero attached hydrogens (tertiary/aromatic N) is 1. The predicted octanol–water partition coefficient (Wildman–Crippen LogP) is 5.00. The molecule has 0 bridgehead atoms. The van der Waals surface area contributed by atoms with E-state index in [0.717, 1.165) is 25.7 Å². The zero-order valence-corrected chi connectivity index (χ0v) is 19.2. The Bertz CT molecular complexity index is 775. The number of aliphatic hydroxyl groups excluding tert-OH is 1. The number of carbonyl (C=O) groups is 1. The van der Waals surface area contributed by atoms with Crippen LogP contribution in [-0.4, -0.2) is 60.5 Å². The van der Waals surface area contributed by atoms with E-state index in [-0.39, 0.29) is 39.3 Å². The maximum absolute atomic E-state index is 13.5. The molecule has 1 saturated heterocycles. The largest absolute Gasteiger partial charge is 0.486 e. The second-order valence-corrected chi connectivity index (χ2v) is 8.88. The lowest BCUT2D eigenvalue weighted by Gasteiger charge is -2.33. The van der Waals surface area contributed by atoms with Crippen molar-refractivity contribution >= 4 is 5.91 Å². The number of likely N-dealkylation sites (tertiary alicyclic amines) is 1. The first-order valence-electron chi connectivity index (χ1n) is 12.0. The van der Waals surface area contributed by atoms with Gasteiger partial charge in [-0.1, -0.05) is 46.1 Å². The fourth-order valence-electron chi connectivity index (χ4n) is 4.54. The summed E-state index contributed by atoms with van der Waals surface area (Å²) in [5.74, 6) is 0.783. The Labute approximate surface area is 200 Å². The topological polar surface area (TPSA) is 71.0 Å². The molecule has 0 aliphatic carbocycles. The van der Waals surface area contributed by atoms with Gasteiger partial charge in [-0.3, -0.25) is 9.69 Å². The number of nitrogens with one attached hydrogen (secondary N) is 1. The zero-order valence-electron chi connectivity index (χ0n) is 19.2. The first kappa shape index (κ1) is 28.2. The van der Waals surface area contributed by atoms with E-state index in [4.69, 9.17) is 9.47 Å². The first-order valence-corrected chi connectivity index (χ1v) is 12.0. The molecule has 1 aromatic rings. The van der Waals surface area contributed by atoms with Gasteiger partial charge in [0.1, 0.15) is 25.4 Å². The molecule has 194 valence electrons. The van der Waals surface area contributed by atoms with Gasteiger partial charge < -0.3 is 19.9 Å². The standard InChI is InChI=1S/C24H35F3N2O4.CH4/c1-2-3-4-5-6-9-22(30)28-18(16-29-12-7-8-21(29)24(25,26)27)23(31)17-10-11-19-20(15-17)33-14-13-32-19;/h10-11,15,18,21,23,31H,2-9,12-14,16H2,1H3,(H,28,30);1H4/t18-,21+,23-;/m1./s1. The van der Waals surface area contributed by atoms with E-state index in [1.165, 1.54) is 4.90 Å². The van der Waals surface area contributed by atoms with Gasteiger partial charge in [0.05, 0.1) is 6.04 Å². The quantitative estimate of drug-likeness (QED) is 0.429. The van der Waals surface area contributed by atoms with E-state index in [1.54, 1.807) is 18.2 Å². The number of benzene rings is 1. The van der Waals surface area contributed by atoms with Crippen LogP contribution < -0.4 is 14.8 Å². The van der Waals surface area contributed by atoms with Crippen molar-refractivity contribution in [1.82, 2.24) is 10.2 Å². The number of fused-ring (bicyclic) bond motifs is 1. The SMILES string of the molecule is C.CCCCCCCC(=O)N[C@H](CN1CCC[C@H]1C(F)(F)F)[C@H](O)c1ccc2c(c1)OCCO2.